The molecule has 1 aromatic heterocycles. The van der Waals surface area contributed by atoms with Gasteiger partial charge < -0.3 is 5.32 Å². The van der Waals surface area contributed by atoms with Crippen LogP contribution < -0.4 is 10.0 Å². The number of sulfonamides is 1. The molecule has 1 aliphatic rings. The normalized spacial score (nSPS) is 18.7. The molecule has 1 atom stereocenters. The van der Waals surface area contributed by atoms with Crippen LogP contribution in [0.25, 0.3) is 0 Å². The van der Waals surface area contributed by atoms with E-state index in [1.54, 1.807) is 18.5 Å². The molecule has 1 aliphatic heterocycles. The van der Waals surface area contributed by atoms with Crippen LogP contribution in [0.4, 0.5) is 5.69 Å². The number of fused-ring (bicyclic) bond motifs is 1. The molecular formula is C14H12Cl2N4O2S. The van der Waals surface area contributed by atoms with Gasteiger partial charge in [-0.15, -0.1) is 0 Å². The highest BCUT2D eigenvalue weighted by Gasteiger charge is 2.28. The molecule has 0 fully saturated rings. The van der Waals surface area contributed by atoms with Crippen molar-refractivity contribution in [2.24, 2.45) is 4.99 Å². The Hall–Kier alpha value is -1.83. The number of pyridine rings is 1. The van der Waals surface area contributed by atoms with Crippen LogP contribution in [0.3, 0.4) is 0 Å². The zero-order valence-corrected chi connectivity index (χ0v) is 14.2. The number of benzene rings is 1. The summed E-state index contributed by atoms with van der Waals surface area (Å²) >= 11 is 11.8. The van der Waals surface area contributed by atoms with Gasteiger partial charge in [0.1, 0.15) is 4.90 Å². The van der Waals surface area contributed by atoms with Gasteiger partial charge in [0.05, 0.1) is 21.8 Å². The fourth-order valence-electron chi connectivity index (χ4n) is 2.13. The van der Waals surface area contributed by atoms with E-state index in [-0.39, 0.29) is 26.9 Å². The number of nitrogens with zero attached hydrogens (tertiary/aromatic N) is 2. The summed E-state index contributed by atoms with van der Waals surface area (Å²) in [6, 6.07) is 6.14. The van der Waals surface area contributed by atoms with Crippen molar-refractivity contribution in [1.82, 2.24) is 9.71 Å². The zero-order valence-electron chi connectivity index (χ0n) is 11.9. The van der Waals surface area contributed by atoms with Crippen LogP contribution in [0, 0.1) is 0 Å². The molecule has 0 bridgehead atoms. The molecule has 0 aliphatic carbocycles. The van der Waals surface area contributed by atoms with Crippen molar-refractivity contribution in [3.63, 3.8) is 0 Å². The largest absolute Gasteiger partial charge is 0.324 e. The number of guanidine groups is 1. The molecule has 120 valence electrons. The molecule has 1 unspecified atom stereocenters. The van der Waals surface area contributed by atoms with E-state index in [9.17, 15) is 8.42 Å². The number of hydrogen-bond acceptors (Lipinski definition) is 4. The van der Waals surface area contributed by atoms with Gasteiger partial charge in [0.2, 0.25) is 5.96 Å². The molecule has 0 radical (unpaired) electrons. The molecule has 9 heteroatoms. The number of halogens is 2. The van der Waals surface area contributed by atoms with Crippen molar-refractivity contribution in [2.45, 2.75) is 17.9 Å². The summed E-state index contributed by atoms with van der Waals surface area (Å²) in [6.45, 7) is 1.84. The van der Waals surface area contributed by atoms with Crippen molar-refractivity contribution >= 4 is 44.9 Å². The van der Waals surface area contributed by atoms with Crippen LogP contribution in [0.15, 0.2) is 46.5 Å². The molecular weight excluding hydrogens is 359 g/mol. The van der Waals surface area contributed by atoms with Crippen molar-refractivity contribution in [3.8, 4) is 0 Å². The Morgan fingerprint density at radius 1 is 1.26 bits per heavy atom. The van der Waals surface area contributed by atoms with Gasteiger partial charge in [0, 0.05) is 12.4 Å². The summed E-state index contributed by atoms with van der Waals surface area (Å²) in [4.78, 5) is 8.40. The topological polar surface area (TPSA) is 83.5 Å². The Balaban J connectivity index is 1.98. The van der Waals surface area contributed by atoms with Crippen molar-refractivity contribution < 1.29 is 8.42 Å². The minimum Gasteiger partial charge on any atom is -0.324 e. The number of rotatable bonds is 2. The molecule has 0 spiro atoms. The Morgan fingerprint density at radius 3 is 2.70 bits per heavy atom. The molecule has 23 heavy (non-hydrogen) atoms. The molecule has 2 aromatic rings. The highest BCUT2D eigenvalue weighted by atomic mass is 35.5. The first-order valence-corrected chi connectivity index (χ1v) is 8.87. The van der Waals surface area contributed by atoms with E-state index in [4.69, 9.17) is 23.2 Å². The van der Waals surface area contributed by atoms with Gasteiger partial charge in [-0.05, 0) is 30.7 Å². The maximum Gasteiger partial charge on any atom is 0.266 e. The van der Waals surface area contributed by atoms with E-state index in [0.29, 0.717) is 5.69 Å². The lowest BCUT2D eigenvalue weighted by molar-refractivity contribution is 0.591. The van der Waals surface area contributed by atoms with Crippen LogP contribution in [0.2, 0.25) is 10.0 Å². The Labute approximate surface area is 143 Å². The van der Waals surface area contributed by atoms with Gasteiger partial charge in [0.15, 0.2) is 0 Å². The second-order valence-corrected chi connectivity index (χ2v) is 7.40. The number of nitrogens with one attached hydrogen (secondary N) is 2. The van der Waals surface area contributed by atoms with Gasteiger partial charge >= 0.3 is 0 Å². The first-order chi connectivity index (χ1) is 10.9. The summed E-state index contributed by atoms with van der Waals surface area (Å²) in [6.07, 6.45) is 3.34. The van der Waals surface area contributed by atoms with E-state index < -0.39 is 10.0 Å². The molecule has 1 aromatic carbocycles. The average Bonchev–Trinajstić information content (AvgIpc) is 2.50. The lowest BCUT2D eigenvalue weighted by Crippen LogP contribution is -2.41. The average molecular weight is 371 g/mol. The fraction of sp³-hybridized carbons (Fsp3) is 0.143. The van der Waals surface area contributed by atoms with Crippen LogP contribution >= 0.6 is 23.2 Å². The van der Waals surface area contributed by atoms with Gasteiger partial charge in [-0.2, -0.15) is 0 Å². The monoisotopic (exact) mass is 370 g/mol. The molecule has 2 N–H and O–H groups in total. The highest BCUT2D eigenvalue weighted by molar-refractivity contribution is 7.90. The van der Waals surface area contributed by atoms with Crippen LogP contribution in [0.5, 0.6) is 0 Å². The number of anilines is 1. The van der Waals surface area contributed by atoms with Crippen LogP contribution in [-0.4, -0.2) is 19.4 Å². The van der Waals surface area contributed by atoms with Gasteiger partial charge in [-0.1, -0.05) is 29.3 Å². The van der Waals surface area contributed by atoms with Crippen LogP contribution in [-0.2, 0) is 10.0 Å². The van der Waals surface area contributed by atoms with E-state index in [0.717, 1.165) is 5.56 Å². The van der Waals surface area contributed by atoms with Crippen molar-refractivity contribution in [3.05, 3.63) is 52.3 Å². The Morgan fingerprint density at radius 2 is 2.00 bits per heavy atom. The van der Waals surface area contributed by atoms with Gasteiger partial charge in [0.25, 0.3) is 10.0 Å². The Bertz CT molecular complexity index is 885. The van der Waals surface area contributed by atoms with Crippen molar-refractivity contribution in [1.29, 1.82) is 0 Å². The lowest BCUT2D eigenvalue weighted by atomic mass is 10.1. The zero-order chi connectivity index (χ0) is 16.6. The van der Waals surface area contributed by atoms with Crippen LogP contribution in [0.1, 0.15) is 18.5 Å². The predicted octanol–water partition coefficient (Wildman–Crippen LogP) is 3.21. The Kier molecular flexibility index (Phi) is 4.18. The molecule has 0 saturated heterocycles. The first kappa shape index (κ1) is 16.0. The van der Waals surface area contributed by atoms with E-state index in [1.807, 2.05) is 13.0 Å². The molecule has 3 rings (SSSR count). The molecule has 0 saturated carbocycles. The third-order valence-corrected chi connectivity index (χ3v) is 5.39. The highest BCUT2D eigenvalue weighted by Crippen LogP contribution is 2.33. The van der Waals surface area contributed by atoms with Gasteiger partial charge in [-0.3, -0.25) is 4.98 Å². The third-order valence-electron chi connectivity index (χ3n) is 3.29. The smallest absolute Gasteiger partial charge is 0.266 e. The van der Waals surface area contributed by atoms with E-state index >= 15 is 0 Å². The second-order valence-electron chi connectivity index (χ2n) is 4.93. The summed E-state index contributed by atoms with van der Waals surface area (Å²) in [5.74, 6) is 0.118. The second kappa shape index (κ2) is 5.99. The van der Waals surface area contributed by atoms with Crippen molar-refractivity contribution in [2.75, 3.05) is 5.32 Å². The minimum absolute atomic E-state index is 0.0277. The lowest BCUT2D eigenvalue weighted by Gasteiger charge is -2.23. The maximum atomic E-state index is 12.3. The maximum absolute atomic E-state index is 12.3. The minimum atomic E-state index is -3.76. The molecule has 0 amide bonds. The first-order valence-electron chi connectivity index (χ1n) is 6.63. The summed E-state index contributed by atoms with van der Waals surface area (Å²) in [7, 11) is -3.76. The van der Waals surface area contributed by atoms with E-state index in [2.05, 4.69) is 20.0 Å². The SMILES string of the molecule is CC(N=C1Nc2cc(Cl)c(Cl)cc2S(=O)(=O)N1)c1cccnc1. The summed E-state index contributed by atoms with van der Waals surface area (Å²) < 4.78 is 27.0. The third kappa shape index (κ3) is 3.26. The fourth-order valence-corrected chi connectivity index (χ4v) is 3.67. The molecule has 2 heterocycles. The number of hydrogen-bond donors (Lipinski definition) is 2. The molecule has 6 nitrogen and oxygen atoms in total. The summed E-state index contributed by atoms with van der Waals surface area (Å²) in [5.41, 5.74) is 1.19. The van der Waals surface area contributed by atoms with E-state index in [1.165, 1.54) is 12.1 Å². The predicted molar refractivity (Wildman–Crippen MR) is 90.5 cm³/mol. The number of aliphatic imine (C=N–C) groups is 1. The standard InChI is InChI=1S/C14H12Cl2N4O2S/c1-8(9-3-2-4-17-7-9)18-14-19-12-5-10(15)11(16)6-13(12)23(21,22)20-14/h2-8H,1H3,(H2,18,19,20). The van der Waals surface area contributed by atoms with Gasteiger partial charge in [-0.25, -0.2) is 18.1 Å². The number of aromatic nitrogens is 1. The summed E-state index contributed by atoms with van der Waals surface area (Å²) in [5, 5.41) is 3.34. The quantitative estimate of drug-likeness (QED) is 0.849.